The molecule has 1 heterocycles. The highest BCUT2D eigenvalue weighted by Gasteiger charge is 2.09. The minimum atomic E-state index is 0.276. The lowest BCUT2D eigenvalue weighted by molar-refractivity contribution is 0.179. The lowest BCUT2D eigenvalue weighted by atomic mass is 10.1. The summed E-state index contributed by atoms with van der Waals surface area (Å²) in [5, 5.41) is 6.63. The van der Waals surface area contributed by atoms with E-state index in [1.807, 2.05) is 0 Å². The number of nitrogens with zero attached hydrogens (tertiary/aromatic N) is 2. The lowest BCUT2D eigenvalue weighted by Crippen LogP contribution is -2.44. The van der Waals surface area contributed by atoms with E-state index in [4.69, 9.17) is 4.74 Å². The Hall–Kier alpha value is -0.810. The number of piperidine rings is 1. The van der Waals surface area contributed by atoms with Gasteiger partial charge >= 0.3 is 0 Å². The summed E-state index contributed by atoms with van der Waals surface area (Å²) in [6, 6.07) is 0.276. The van der Waals surface area contributed by atoms with Gasteiger partial charge in [0.1, 0.15) is 0 Å². The monoisotopic (exact) mass is 270 g/mol. The average Bonchev–Trinajstić information content (AvgIpc) is 2.40. The number of nitrogens with one attached hydrogen (secondary N) is 2. The molecule has 1 aliphatic rings. The molecule has 0 spiro atoms. The molecule has 1 aliphatic heterocycles. The SMILES string of the molecule is CCNC(=NCCN1CCCCC1)NC(C)COC. The Morgan fingerprint density at radius 2 is 2.05 bits per heavy atom. The van der Waals surface area contributed by atoms with Gasteiger partial charge in [0.25, 0.3) is 0 Å². The maximum Gasteiger partial charge on any atom is 0.191 e. The zero-order valence-corrected chi connectivity index (χ0v) is 12.7. The van der Waals surface area contributed by atoms with Gasteiger partial charge in [-0.2, -0.15) is 0 Å². The molecule has 1 saturated heterocycles. The molecular formula is C14H30N4O. The van der Waals surface area contributed by atoms with E-state index < -0.39 is 0 Å². The van der Waals surface area contributed by atoms with Crippen molar-refractivity contribution in [1.29, 1.82) is 0 Å². The van der Waals surface area contributed by atoms with Crippen molar-refractivity contribution in [2.24, 2.45) is 4.99 Å². The highest BCUT2D eigenvalue weighted by Crippen LogP contribution is 2.07. The van der Waals surface area contributed by atoms with Crippen molar-refractivity contribution in [2.75, 3.05) is 46.4 Å². The van der Waals surface area contributed by atoms with Gasteiger partial charge in [-0.15, -0.1) is 0 Å². The molecule has 0 aromatic heterocycles. The third kappa shape index (κ3) is 7.38. The van der Waals surface area contributed by atoms with Gasteiger partial charge in [0.2, 0.25) is 0 Å². The fourth-order valence-electron chi connectivity index (χ4n) is 2.33. The van der Waals surface area contributed by atoms with Crippen LogP contribution in [0.3, 0.4) is 0 Å². The van der Waals surface area contributed by atoms with E-state index >= 15 is 0 Å². The van der Waals surface area contributed by atoms with Crippen molar-refractivity contribution in [3.63, 3.8) is 0 Å². The molecule has 1 atom stereocenters. The van der Waals surface area contributed by atoms with Crippen LogP contribution >= 0.6 is 0 Å². The smallest absolute Gasteiger partial charge is 0.191 e. The molecule has 0 saturated carbocycles. The highest BCUT2D eigenvalue weighted by molar-refractivity contribution is 5.80. The summed E-state index contributed by atoms with van der Waals surface area (Å²) in [6.45, 7) is 10.2. The number of aliphatic imine (C=N–C) groups is 1. The first-order valence-electron chi connectivity index (χ1n) is 7.52. The van der Waals surface area contributed by atoms with E-state index in [1.54, 1.807) is 7.11 Å². The van der Waals surface area contributed by atoms with E-state index in [2.05, 4.69) is 34.4 Å². The number of hydrogen-bond acceptors (Lipinski definition) is 3. The van der Waals surface area contributed by atoms with Gasteiger partial charge in [-0.05, 0) is 39.8 Å². The molecule has 0 aromatic rings. The van der Waals surface area contributed by atoms with Crippen molar-refractivity contribution < 1.29 is 4.74 Å². The first-order chi connectivity index (χ1) is 9.26. The van der Waals surface area contributed by atoms with Crippen molar-refractivity contribution in [1.82, 2.24) is 15.5 Å². The highest BCUT2D eigenvalue weighted by atomic mass is 16.5. The summed E-state index contributed by atoms with van der Waals surface area (Å²) >= 11 is 0. The summed E-state index contributed by atoms with van der Waals surface area (Å²) in [6.07, 6.45) is 4.07. The Balaban J connectivity index is 2.30. The first kappa shape index (κ1) is 16.2. The van der Waals surface area contributed by atoms with Crippen LogP contribution in [0.4, 0.5) is 0 Å². The quantitative estimate of drug-likeness (QED) is 0.536. The molecule has 0 bridgehead atoms. The van der Waals surface area contributed by atoms with Gasteiger partial charge in [-0.1, -0.05) is 6.42 Å². The number of guanidine groups is 1. The Morgan fingerprint density at radius 1 is 1.32 bits per heavy atom. The second-order valence-corrected chi connectivity index (χ2v) is 5.16. The molecule has 112 valence electrons. The van der Waals surface area contributed by atoms with Crippen LogP contribution in [0.15, 0.2) is 4.99 Å². The fraction of sp³-hybridized carbons (Fsp3) is 0.929. The molecule has 5 heteroatoms. The standard InChI is InChI=1S/C14H30N4O/c1-4-15-14(17-13(2)12-19-3)16-8-11-18-9-6-5-7-10-18/h13H,4-12H2,1-3H3,(H2,15,16,17). The number of hydrogen-bond donors (Lipinski definition) is 2. The number of methoxy groups -OCH3 is 1. The Kier molecular flexibility index (Phi) is 8.58. The largest absolute Gasteiger partial charge is 0.383 e. The second kappa shape index (κ2) is 10.0. The van der Waals surface area contributed by atoms with Crippen LogP contribution in [-0.2, 0) is 4.74 Å². The minimum Gasteiger partial charge on any atom is -0.383 e. The molecule has 0 radical (unpaired) electrons. The van der Waals surface area contributed by atoms with Crippen LogP contribution in [0, 0.1) is 0 Å². The molecule has 5 nitrogen and oxygen atoms in total. The zero-order valence-electron chi connectivity index (χ0n) is 12.7. The van der Waals surface area contributed by atoms with E-state index in [0.717, 1.165) is 25.6 Å². The molecule has 0 aromatic carbocycles. The second-order valence-electron chi connectivity index (χ2n) is 5.16. The number of ether oxygens (including phenoxy) is 1. The zero-order chi connectivity index (χ0) is 13.9. The van der Waals surface area contributed by atoms with E-state index in [1.165, 1.54) is 32.4 Å². The third-order valence-corrected chi connectivity index (χ3v) is 3.28. The number of rotatable bonds is 7. The van der Waals surface area contributed by atoms with Gasteiger partial charge in [0, 0.05) is 26.2 Å². The average molecular weight is 270 g/mol. The fourth-order valence-corrected chi connectivity index (χ4v) is 2.33. The predicted molar refractivity (Wildman–Crippen MR) is 80.7 cm³/mol. The van der Waals surface area contributed by atoms with Gasteiger partial charge in [0.15, 0.2) is 5.96 Å². The summed E-state index contributed by atoms with van der Waals surface area (Å²) in [7, 11) is 1.72. The van der Waals surface area contributed by atoms with Crippen LogP contribution in [0.25, 0.3) is 0 Å². The third-order valence-electron chi connectivity index (χ3n) is 3.28. The predicted octanol–water partition coefficient (Wildman–Crippen LogP) is 1.06. The van der Waals surface area contributed by atoms with E-state index in [9.17, 15) is 0 Å². The topological polar surface area (TPSA) is 48.9 Å². The summed E-state index contributed by atoms with van der Waals surface area (Å²) in [5.74, 6) is 0.893. The maximum absolute atomic E-state index is 5.13. The number of likely N-dealkylation sites (tertiary alicyclic amines) is 1. The first-order valence-corrected chi connectivity index (χ1v) is 7.52. The van der Waals surface area contributed by atoms with Crippen molar-refractivity contribution >= 4 is 5.96 Å². The lowest BCUT2D eigenvalue weighted by Gasteiger charge is -2.25. The Morgan fingerprint density at radius 3 is 2.68 bits per heavy atom. The van der Waals surface area contributed by atoms with Crippen LogP contribution < -0.4 is 10.6 Å². The van der Waals surface area contributed by atoms with Gasteiger partial charge < -0.3 is 20.3 Å². The molecule has 0 aliphatic carbocycles. The van der Waals surface area contributed by atoms with Crippen molar-refractivity contribution in [2.45, 2.75) is 39.2 Å². The van der Waals surface area contributed by atoms with Crippen LogP contribution in [0.5, 0.6) is 0 Å². The van der Waals surface area contributed by atoms with Crippen LogP contribution in [-0.4, -0.2) is 63.3 Å². The summed E-state index contributed by atoms with van der Waals surface area (Å²) < 4.78 is 5.13. The van der Waals surface area contributed by atoms with Crippen LogP contribution in [0.2, 0.25) is 0 Å². The van der Waals surface area contributed by atoms with Gasteiger partial charge in [-0.3, -0.25) is 4.99 Å². The van der Waals surface area contributed by atoms with E-state index in [0.29, 0.717) is 6.61 Å². The van der Waals surface area contributed by atoms with Gasteiger partial charge in [0.05, 0.1) is 13.2 Å². The van der Waals surface area contributed by atoms with E-state index in [-0.39, 0.29) is 6.04 Å². The maximum atomic E-state index is 5.13. The molecule has 1 rings (SSSR count). The molecular weight excluding hydrogens is 240 g/mol. The normalized spacial score (nSPS) is 19.2. The molecule has 1 fully saturated rings. The summed E-state index contributed by atoms with van der Waals surface area (Å²) in [4.78, 5) is 7.14. The molecule has 1 unspecified atom stereocenters. The van der Waals surface area contributed by atoms with Crippen molar-refractivity contribution in [3.05, 3.63) is 0 Å². The Bertz CT molecular complexity index is 252. The Labute approximate surface area is 117 Å². The molecule has 0 amide bonds. The molecule has 19 heavy (non-hydrogen) atoms. The van der Waals surface area contributed by atoms with Gasteiger partial charge in [-0.25, -0.2) is 0 Å². The minimum absolute atomic E-state index is 0.276. The van der Waals surface area contributed by atoms with Crippen LogP contribution in [0.1, 0.15) is 33.1 Å². The molecule has 2 N–H and O–H groups in total. The summed E-state index contributed by atoms with van der Waals surface area (Å²) in [5.41, 5.74) is 0. The van der Waals surface area contributed by atoms with Crippen molar-refractivity contribution in [3.8, 4) is 0 Å².